The Morgan fingerprint density at radius 2 is 1.88 bits per heavy atom. The number of aromatic nitrogens is 1. The molecule has 1 aromatic carbocycles. The molecule has 0 aliphatic heterocycles. The number of benzene rings is 1. The molecule has 2 aromatic rings. The van der Waals surface area contributed by atoms with Gasteiger partial charge in [0.25, 0.3) is 0 Å². The standard InChI is InChI=1S/C20H25FN2O2S/c1-12(2)11-17(20-22-13(3)14(4)26-20)23-19(25)10-9-18(24)15-7-5-6-8-16(15)21/h5-8,12,17H,9-11H2,1-4H3,(H,23,25). The molecule has 0 aliphatic rings. The Labute approximate surface area is 157 Å². The lowest BCUT2D eigenvalue weighted by molar-refractivity contribution is -0.121. The van der Waals surface area contributed by atoms with Crippen LogP contribution in [0.5, 0.6) is 0 Å². The average Bonchev–Trinajstić information content (AvgIpc) is 2.91. The zero-order valence-electron chi connectivity index (χ0n) is 15.6. The van der Waals surface area contributed by atoms with Gasteiger partial charge in [-0.05, 0) is 38.3 Å². The Hall–Kier alpha value is -2.08. The van der Waals surface area contributed by atoms with E-state index in [1.165, 1.54) is 18.2 Å². The van der Waals surface area contributed by atoms with E-state index in [4.69, 9.17) is 0 Å². The maximum atomic E-state index is 13.7. The van der Waals surface area contributed by atoms with Crippen LogP contribution >= 0.6 is 11.3 Å². The summed E-state index contributed by atoms with van der Waals surface area (Å²) in [6.07, 6.45) is 0.793. The molecule has 1 unspecified atom stereocenters. The van der Waals surface area contributed by atoms with Crippen LogP contribution in [0.4, 0.5) is 4.39 Å². The van der Waals surface area contributed by atoms with Crippen molar-refractivity contribution >= 4 is 23.0 Å². The number of carbonyl (C=O) groups excluding carboxylic acids is 2. The van der Waals surface area contributed by atoms with Crippen LogP contribution in [-0.4, -0.2) is 16.7 Å². The smallest absolute Gasteiger partial charge is 0.221 e. The Bertz CT molecular complexity index is 766. The zero-order chi connectivity index (χ0) is 19.3. The van der Waals surface area contributed by atoms with Gasteiger partial charge >= 0.3 is 0 Å². The molecule has 26 heavy (non-hydrogen) atoms. The van der Waals surface area contributed by atoms with Crippen molar-refractivity contribution < 1.29 is 14.0 Å². The van der Waals surface area contributed by atoms with E-state index >= 15 is 0 Å². The number of amides is 1. The summed E-state index contributed by atoms with van der Waals surface area (Å²) >= 11 is 1.59. The summed E-state index contributed by atoms with van der Waals surface area (Å²) in [5.41, 5.74) is 1.01. The second-order valence-corrected chi connectivity index (χ2v) is 8.08. The predicted molar refractivity (Wildman–Crippen MR) is 102 cm³/mol. The van der Waals surface area contributed by atoms with E-state index in [0.717, 1.165) is 22.0 Å². The fourth-order valence-corrected chi connectivity index (χ4v) is 3.64. The summed E-state index contributed by atoms with van der Waals surface area (Å²) < 4.78 is 13.7. The first-order chi connectivity index (χ1) is 12.3. The van der Waals surface area contributed by atoms with Crippen LogP contribution < -0.4 is 5.32 Å². The molecule has 6 heteroatoms. The van der Waals surface area contributed by atoms with Crippen molar-refractivity contribution in [3.8, 4) is 0 Å². The molecule has 1 N–H and O–H groups in total. The van der Waals surface area contributed by atoms with E-state index in [0.29, 0.717) is 5.92 Å². The molecule has 140 valence electrons. The molecular formula is C20H25FN2O2S. The summed E-state index contributed by atoms with van der Waals surface area (Å²) in [7, 11) is 0. The highest BCUT2D eigenvalue weighted by Crippen LogP contribution is 2.27. The van der Waals surface area contributed by atoms with Gasteiger partial charge in [-0.25, -0.2) is 9.37 Å². The highest BCUT2D eigenvalue weighted by atomic mass is 32.1. The van der Waals surface area contributed by atoms with Gasteiger partial charge in [-0.2, -0.15) is 0 Å². The molecule has 0 bridgehead atoms. The number of hydrogen-bond acceptors (Lipinski definition) is 4. The van der Waals surface area contributed by atoms with Crippen LogP contribution in [0, 0.1) is 25.6 Å². The van der Waals surface area contributed by atoms with Crippen molar-refractivity contribution in [2.24, 2.45) is 5.92 Å². The van der Waals surface area contributed by atoms with Gasteiger partial charge in [-0.1, -0.05) is 26.0 Å². The molecule has 0 saturated heterocycles. The maximum Gasteiger partial charge on any atom is 0.221 e. The Morgan fingerprint density at radius 3 is 2.46 bits per heavy atom. The minimum Gasteiger partial charge on any atom is -0.347 e. The SMILES string of the molecule is Cc1nc(C(CC(C)C)NC(=O)CCC(=O)c2ccccc2F)sc1C. The highest BCUT2D eigenvalue weighted by molar-refractivity contribution is 7.11. The van der Waals surface area contributed by atoms with Gasteiger partial charge in [-0.15, -0.1) is 11.3 Å². The first-order valence-corrected chi connectivity index (χ1v) is 9.60. The second kappa shape index (κ2) is 9.03. The number of ketones is 1. The van der Waals surface area contributed by atoms with Crippen molar-refractivity contribution in [2.75, 3.05) is 0 Å². The topological polar surface area (TPSA) is 59.1 Å². The lowest BCUT2D eigenvalue weighted by Crippen LogP contribution is -2.29. The molecule has 1 amide bonds. The van der Waals surface area contributed by atoms with Crippen molar-refractivity contribution in [3.05, 3.63) is 51.2 Å². The predicted octanol–water partition coefficient (Wildman–Crippen LogP) is 4.77. The van der Waals surface area contributed by atoms with Gasteiger partial charge in [0.1, 0.15) is 10.8 Å². The summed E-state index contributed by atoms with van der Waals surface area (Å²) in [5, 5.41) is 3.88. The van der Waals surface area contributed by atoms with Crippen molar-refractivity contribution in [1.29, 1.82) is 0 Å². The Balaban J connectivity index is 1.98. The van der Waals surface area contributed by atoms with Crippen LogP contribution in [0.1, 0.15) is 65.1 Å². The number of carbonyl (C=O) groups is 2. The summed E-state index contributed by atoms with van der Waals surface area (Å²) in [6, 6.07) is 5.68. The van der Waals surface area contributed by atoms with E-state index in [2.05, 4.69) is 24.1 Å². The van der Waals surface area contributed by atoms with Crippen molar-refractivity contribution in [3.63, 3.8) is 0 Å². The third-order valence-electron chi connectivity index (χ3n) is 4.14. The first kappa shape index (κ1) is 20.2. The molecule has 0 radical (unpaired) electrons. The van der Waals surface area contributed by atoms with Gasteiger partial charge in [0, 0.05) is 17.7 Å². The number of thiazole rings is 1. The molecule has 0 aliphatic carbocycles. The number of halogens is 1. The molecule has 2 rings (SSSR count). The van der Waals surface area contributed by atoms with Crippen molar-refractivity contribution in [2.45, 2.75) is 53.0 Å². The number of aryl methyl sites for hydroxylation is 2. The van der Waals surface area contributed by atoms with E-state index in [-0.39, 0.29) is 36.1 Å². The number of nitrogens with one attached hydrogen (secondary N) is 1. The zero-order valence-corrected chi connectivity index (χ0v) is 16.5. The number of rotatable bonds is 8. The monoisotopic (exact) mass is 376 g/mol. The molecule has 1 atom stereocenters. The van der Waals surface area contributed by atoms with Gasteiger partial charge in [0.2, 0.25) is 5.91 Å². The molecule has 1 aromatic heterocycles. The molecular weight excluding hydrogens is 351 g/mol. The number of Topliss-reactive ketones (excluding diaryl/α,β-unsaturated/α-hetero) is 1. The third-order valence-corrected chi connectivity index (χ3v) is 5.33. The molecule has 4 nitrogen and oxygen atoms in total. The van der Waals surface area contributed by atoms with Gasteiger partial charge in [-0.3, -0.25) is 9.59 Å². The fraction of sp³-hybridized carbons (Fsp3) is 0.450. The van der Waals surface area contributed by atoms with E-state index in [1.54, 1.807) is 17.4 Å². The van der Waals surface area contributed by atoms with E-state index < -0.39 is 5.82 Å². The molecule has 0 saturated carbocycles. The highest BCUT2D eigenvalue weighted by Gasteiger charge is 2.21. The molecule has 1 heterocycles. The first-order valence-electron chi connectivity index (χ1n) is 8.79. The Morgan fingerprint density at radius 1 is 1.19 bits per heavy atom. The lowest BCUT2D eigenvalue weighted by atomic mass is 10.0. The second-order valence-electron chi connectivity index (χ2n) is 6.85. The fourth-order valence-electron chi connectivity index (χ4n) is 2.66. The average molecular weight is 376 g/mol. The van der Waals surface area contributed by atoms with Crippen LogP contribution in [0.25, 0.3) is 0 Å². The van der Waals surface area contributed by atoms with Gasteiger partial charge in [0.05, 0.1) is 17.3 Å². The third kappa shape index (κ3) is 5.46. The van der Waals surface area contributed by atoms with Gasteiger partial charge in [0.15, 0.2) is 5.78 Å². The molecule has 0 fully saturated rings. The van der Waals surface area contributed by atoms with Crippen LogP contribution in [0.2, 0.25) is 0 Å². The lowest BCUT2D eigenvalue weighted by Gasteiger charge is -2.18. The molecule has 0 spiro atoms. The Kier molecular flexibility index (Phi) is 7.03. The number of nitrogens with zero attached hydrogens (tertiary/aromatic N) is 1. The summed E-state index contributed by atoms with van der Waals surface area (Å²) in [4.78, 5) is 30.2. The summed E-state index contributed by atoms with van der Waals surface area (Å²) in [5.74, 6) is -0.736. The maximum absolute atomic E-state index is 13.7. The minimum absolute atomic E-state index is 0.0168. The summed E-state index contributed by atoms with van der Waals surface area (Å²) in [6.45, 7) is 8.15. The van der Waals surface area contributed by atoms with Crippen molar-refractivity contribution in [1.82, 2.24) is 10.3 Å². The largest absolute Gasteiger partial charge is 0.347 e. The van der Waals surface area contributed by atoms with Crippen LogP contribution in [0.3, 0.4) is 0 Å². The van der Waals surface area contributed by atoms with E-state index in [9.17, 15) is 14.0 Å². The number of hydrogen-bond donors (Lipinski definition) is 1. The van der Waals surface area contributed by atoms with Gasteiger partial charge < -0.3 is 5.32 Å². The normalized spacial score (nSPS) is 12.2. The van der Waals surface area contributed by atoms with Crippen LogP contribution in [-0.2, 0) is 4.79 Å². The minimum atomic E-state index is -0.552. The quantitative estimate of drug-likeness (QED) is 0.676. The van der Waals surface area contributed by atoms with Crippen LogP contribution in [0.15, 0.2) is 24.3 Å². The van der Waals surface area contributed by atoms with E-state index in [1.807, 2.05) is 13.8 Å².